The van der Waals surface area contributed by atoms with Crippen LogP contribution in [0.4, 0.5) is 28.4 Å². The molecular formula is C49H34BN3O2. The molecule has 3 heterocycles. The molecule has 2 atom stereocenters. The van der Waals surface area contributed by atoms with Gasteiger partial charge < -0.3 is 19.3 Å². The van der Waals surface area contributed by atoms with Gasteiger partial charge in [-0.05, 0) is 77.0 Å². The van der Waals surface area contributed by atoms with E-state index in [-0.39, 0.29) is 18.5 Å². The first-order valence-corrected chi connectivity index (χ1v) is 18.8. The first-order chi connectivity index (χ1) is 27.3. The van der Waals surface area contributed by atoms with Crippen molar-refractivity contribution in [3.63, 3.8) is 0 Å². The van der Waals surface area contributed by atoms with E-state index in [0.717, 1.165) is 73.4 Å². The van der Waals surface area contributed by atoms with E-state index >= 15 is 0 Å². The summed E-state index contributed by atoms with van der Waals surface area (Å²) in [4.78, 5) is 9.04. The van der Waals surface area contributed by atoms with Crippen molar-refractivity contribution in [2.75, 3.05) is 9.80 Å². The van der Waals surface area contributed by atoms with Gasteiger partial charge in [0.15, 0.2) is 0 Å². The number of ether oxygens (including phenoxy) is 2. The maximum absolute atomic E-state index is 7.01. The minimum atomic E-state index is -0.0906. The van der Waals surface area contributed by atoms with E-state index in [1.165, 1.54) is 10.9 Å². The van der Waals surface area contributed by atoms with E-state index in [9.17, 15) is 0 Å². The Morgan fingerprint density at radius 1 is 0.491 bits per heavy atom. The van der Waals surface area contributed by atoms with Gasteiger partial charge in [-0.2, -0.15) is 0 Å². The summed E-state index contributed by atoms with van der Waals surface area (Å²) in [6.07, 6.45) is 15.1. The number of aromatic nitrogens is 1. The summed E-state index contributed by atoms with van der Waals surface area (Å²) < 4.78 is 14.0. The van der Waals surface area contributed by atoms with Gasteiger partial charge in [0, 0.05) is 75.7 Å². The van der Waals surface area contributed by atoms with Gasteiger partial charge in [0.25, 0.3) is 6.71 Å². The van der Waals surface area contributed by atoms with Crippen molar-refractivity contribution in [3.8, 4) is 17.2 Å². The number of pyridine rings is 1. The quantitative estimate of drug-likeness (QED) is 0.161. The lowest BCUT2D eigenvalue weighted by Gasteiger charge is -2.44. The third kappa shape index (κ3) is 5.06. The number of anilines is 5. The molecule has 0 saturated heterocycles. The highest BCUT2D eigenvalue weighted by Gasteiger charge is 2.48. The third-order valence-electron chi connectivity index (χ3n) is 11.2. The Morgan fingerprint density at radius 3 is 1.73 bits per heavy atom. The van der Waals surface area contributed by atoms with Crippen LogP contribution in [0.5, 0.6) is 17.2 Å². The fourth-order valence-corrected chi connectivity index (χ4v) is 9.00. The molecule has 0 saturated carbocycles. The molecular weight excluding hydrogens is 673 g/mol. The number of allylic oxidation sites excluding steroid dienone is 6. The van der Waals surface area contributed by atoms with E-state index in [2.05, 4.69) is 191 Å². The van der Waals surface area contributed by atoms with Gasteiger partial charge in [-0.15, -0.1) is 0 Å². The molecule has 0 fully saturated rings. The number of nitrogens with zero attached hydrogens (tertiary/aromatic N) is 3. The molecule has 0 N–H and O–H groups in total. The second-order valence-corrected chi connectivity index (χ2v) is 14.3. The van der Waals surface area contributed by atoms with Crippen LogP contribution >= 0.6 is 0 Å². The molecule has 6 aromatic carbocycles. The summed E-state index contributed by atoms with van der Waals surface area (Å²) in [6.45, 7) is -0.0906. The second-order valence-electron chi connectivity index (χ2n) is 14.3. The molecule has 0 bridgehead atoms. The van der Waals surface area contributed by atoms with Gasteiger partial charge in [0.1, 0.15) is 23.0 Å². The normalized spacial score (nSPS) is 17.2. The summed E-state index contributed by atoms with van der Waals surface area (Å²) in [5, 5.41) is 2.32. The van der Waals surface area contributed by atoms with Gasteiger partial charge in [0.2, 0.25) is 0 Å². The van der Waals surface area contributed by atoms with Gasteiger partial charge in [-0.3, -0.25) is 4.98 Å². The number of fused-ring (bicyclic) bond motifs is 7. The van der Waals surface area contributed by atoms with Crippen LogP contribution in [0.3, 0.4) is 0 Å². The standard InChI is InChI=1S/C49H34BN3O2/c1-4-15-33(16-5-1)52(34-17-6-2-7-18-34)41-31-45-47(39-23-12-10-21-37(39)41)50-48-40-24-13-11-22-38(40)42(32-46(48)55-44-26-14-25-43(54-45)49(44)50)53(35-19-8-3-9-20-35)36-27-29-51-30-28-36/h1-32,38,40H. The van der Waals surface area contributed by atoms with Crippen LogP contribution in [0.2, 0.25) is 0 Å². The lowest BCUT2D eigenvalue weighted by atomic mass is 9.31. The molecule has 2 aliphatic heterocycles. The predicted octanol–water partition coefficient (Wildman–Crippen LogP) is 10.7. The molecule has 0 amide bonds. The van der Waals surface area contributed by atoms with Crippen molar-refractivity contribution in [1.82, 2.24) is 4.98 Å². The van der Waals surface area contributed by atoms with Crippen LogP contribution in [0.25, 0.3) is 10.8 Å². The number of para-hydroxylation sites is 3. The molecule has 6 heteroatoms. The smallest absolute Gasteiger partial charge is 0.257 e. The van der Waals surface area contributed by atoms with Gasteiger partial charge in [-0.25, -0.2) is 0 Å². The van der Waals surface area contributed by atoms with Crippen LogP contribution in [-0.2, 0) is 0 Å². The highest BCUT2D eigenvalue weighted by Crippen LogP contribution is 2.50. The number of hydrogen-bond acceptors (Lipinski definition) is 5. The zero-order chi connectivity index (χ0) is 36.3. The Kier molecular flexibility index (Phi) is 7.34. The van der Waals surface area contributed by atoms with Crippen LogP contribution in [0.15, 0.2) is 211 Å². The average Bonchev–Trinajstić information content (AvgIpc) is 3.25. The highest BCUT2D eigenvalue weighted by atomic mass is 16.5. The lowest BCUT2D eigenvalue weighted by Crippen LogP contribution is -2.54. The molecule has 0 radical (unpaired) electrons. The average molecular weight is 708 g/mol. The summed E-state index contributed by atoms with van der Waals surface area (Å²) in [5.41, 5.74) is 10.0. The largest absolute Gasteiger partial charge is 0.459 e. The van der Waals surface area contributed by atoms with Crippen molar-refractivity contribution in [2.45, 2.75) is 0 Å². The summed E-state index contributed by atoms with van der Waals surface area (Å²) in [6, 6.07) is 53.2. The topological polar surface area (TPSA) is 37.8 Å². The van der Waals surface area contributed by atoms with Crippen molar-refractivity contribution in [3.05, 3.63) is 211 Å². The van der Waals surface area contributed by atoms with Crippen molar-refractivity contribution >= 4 is 56.8 Å². The fraction of sp³-hybridized carbons (Fsp3) is 0.0408. The molecule has 55 heavy (non-hydrogen) atoms. The molecule has 2 unspecified atom stereocenters. The van der Waals surface area contributed by atoms with Crippen LogP contribution in [-0.4, -0.2) is 11.7 Å². The summed E-state index contributed by atoms with van der Waals surface area (Å²) >= 11 is 0. The molecule has 4 aliphatic rings. The molecule has 7 aromatic rings. The Bertz CT molecular complexity index is 2650. The number of rotatable bonds is 6. The molecule has 11 rings (SSSR count). The molecule has 5 nitrogen and oxygen atoms in total. The van der Waals surface area contributed by atoms with E-state index in [1.807, 2.05) is 18.5 Å². The first-order valence-electron chi connectivity index (χ1n) is 18.8. The summed E-state index contributed by atoms with van der Waals surface area (Å²) in [5.74, 6) is 3.50. The SMILES string of the molecule is C1=CC2C(N(c3ccccc3)c3ccncc3)=CC3=C(B4c5c(cccc5Oc5cc(N(c6ccccc6)c6ccccc6)c6ccccc6c54)O3)C2C=C1. The molecule has 2 aliphatic carbocycles. The number of hydrogen-bond donors (Lipinski definition) is 0. The van der Waals surface area contributed by atoms with Crippen LogP contribution < -0.4 is 30.2 Å². The van der Waals surface area contributed by atoms with E-state index in [1.54, 1.807) is 0 Å². The minimum absolute atomic E-state index is 0.0359. The Balaban J connectivity index is 1.16. The lowest BCUT2D eigenvalue weighted by molar-refractivity contribution is 0.411. The molecule has 260 valence electrons. The van der Waals surface area contributed by atoms with Gasteiger partial charge >= 0.3 is 0 Å². The zero-order valence-electron chi connectivity index (χ0n) is 29.9. The van der Waals surface area contributed by atoms with E-state index in [4.69, 9.17) is 9.47 Å². The summed E-state index contributed by atoms with van der Waals surface area (Å²) in [7, 11) is 0. The zero-order valence-corrected chi connectivity index (χ0v) is 29.9. The Morgan fingerprint density at radius 2 is 1.05 bits per heavy atom. The van der Waals surface area contributed by atoms with Crippen LogP contribution in [0.1, 0.15) is 0 Å². The maximum Gasteiger partial charge on any atom is 0.257 e. The van der Waals surface area contributed by atoms with E-state index in [0.29, 0.717) is 0 Å². The minimum Gasteiger partial charge on any atom is -0.459 e. The van der Waals surface area contributed by atoms with Gasteiger partial charge in [-0.1, -0.05) is 109 Å². The second kappa shape index (κ2) is 12.8. The fourth-order valence-electron chi connectivity index (χ4n) is 9.00. The van der Waals surface area contributed by atoms with Gasteiger partial charge in [0.05, 0.1) is 5.69 Å². The van der Waals surface area contributed by atoms with E-state index < -0.39 is 0 Å². The monoisotopic (exact) mass is 707 g/mol. The van der Waals surface area contributed by atoms with Crippen molar-refractivity contribution < 1.29 is 9.47 Å². The van der Waals surface area contributed by atoms with Crippen molar-refractivity contribution in [1.29, 1.82) is 0 Å². The Hall–Kier alpha value is -7.05. The first kappa shape index (κ1) is 31.5. The number of benzene rings is 6. The maximum atomic E-state index is 7.01. The van der Waals surface area contributed by atoms with Crippen molar-refractivity contribution in [2.24, 2.45) is 11.8 Å². The third-order valence-corrected chi connectivity index (χ3v) is 11.2. The Labute approximate surface area is 320 Å². The highest BCUT2D eigenvalue weighted by molar-refractivity contribution is 6.95. The molecule has 0 spiro atoms. The van der Waals surface area contributed by atoms with Crippen LogP contribution in [0, 0.1) is 11.8 Å². The predicted molar refractivity (Wildman–Crippen MR) is 224 cm³/mol. The molecule has 1 aromatic heterocycles.